The molecule has 1 rings (SSSR count). The van der Waals surface area contributed by atoms with Gasteiger partial charge in [0.05, 0.1) is 0 Å². The molecule has 0 bridgehead atoms. The van der Waals surface area contributed by atoms with Crippen LogP contribution in [0.1, 0.15) is 26.7 Å². The zero-order valence-electron chi connectivity index (χ0n) is 13.0. The molecule has 1 aromatic rings. The van der Waals surface area contributed by atoms with Crippen molar-refractivity contribution in [1.29, 1.82) is 0 Å². The smallest absolute Gasteiger partial charge is 0.305 e. The molecule has 1 aromatic carbocycles. The molecule has 0 aliphatic heterocycles. The second-order valence-electron chi connectivity index (χ2n) is 4.48. The monoisotopic (exact) mass is 310 g/mol. The van der Waals surface area contributed by atoms with Crippen molar-refractivity contribution in [2.24, 2.45) is 0 Å². The van der Waals surface area contributed by atoms with Crippen LogP contribution in [0, 0.1) is 0 Å². The Morgan fingerprint density at radius 2 is 1.36 bits per heavy atom. The van der Waals surface area contributed by atoms with E-state index in [4.69, 9.17) is 18.9 Å². The summed E-state index contributed by atoms with van der Waals surface area (Å²) in [4.78, 5) is 21.7. The van der Waals surface area contributed by atoms with Gasteiger partial charge in [-0.3, -0.25) is 9.59 Å². The van der Waals surface area contributed by atoms with E-state index in [-0.39, 0.29) is 25.2 Å². The van der Waals surface area contributed by atoms with Gasteiger partial charge >= 0.3 is 11.9 Å². The van der Waals surface area contributed by atoms with Crippen LogP contribution < -0.4 is 9.47 Å². The topological polar surface area (TPSA) is 71.1 Å². The number of ether oxygens (including phenoxy) is 4. The van der Waals surface area contributed by atoms with Crippen LogP contribution in [0.3, 0.4) is 0 Å². The zero-order chi connectivity index (χ0) is 16.2. The third kappa shape index (κ3) is 8.14. The van der Waals surface area contributed by atoms with Crippen molar-refractivity contribution in [3.8, 4) is 11.5 Å². The minimum atomic E-state index is -0.327. The standard InChI is InChI=1S/C16H22O6/c1-3-4-16(18)22-12-11-21-15-7-5-14(6-8-15)20-10-9-19-13(2)17/h5-8H,3-4,9-12H2,1-2H3. The Bertz CT molecular complexity index is 454. The van der Waals surface area contributed by atoms with Crippen molar-refractivity contribution in [2.75, 3.05) is 26.4 Å². The van der Waals surface area contributed by atoms with Crippen LogP contribution in [0.15, 0.2) is 24.3 Å². The van der Waals surface area contributed by atoms with Gasteiger partial charge in [-0.05, 0) is 30.7 Å². The lowest BCUT2D eigenvalue weighted by Gasteiger charge is -2.09. The van der Waals surface area contributed by atoms with Crippen LogP contribution in [0.2, 0.25) is 0 Å². The number of carbonyl (C=O) groups excluding carboxylic acids is 2. The summed E-state index contributed by atoms with van der Waals surface area (Å²) in [6, 6.07) is 7.03. The summed E-state index contributed by atoms with van der Waals surface area (Å²) in [6.45, 7) is 4.34. The summed E-state index contributed by atoms with van der Waals surface area (Å²) < 4.78 is 20.6. The van der Waals surface area contributed by atoms with Crippen molar-refractivity contribution < 1.29 is 28.5 Å². The Morgan fingerprint density at radius 3 is 1.82 bits per heavy atom. The van der Waals surface area contributed by atoms with Crippen molar-refractivity contribution in [1.82, 2.24) is 0 Å². The molecule has 0 aromatic heterocycles. The lowest BCUT2D eigenvalue weighted by atomic mass is 10.3. The number of hydrogen-bond donors (Lipinski definition) is 0. The summed E-state index contributed by atoms with van der Waals surface area (Å²) in [5.41, 5.74) is 0. The average molecular weight is 310 g/mol. The van der Waals surface area contributed by atoms with E-state index in [1.54, 1.807) is 24.3 Å². The summed E-state index contributed by atoms with van der Waals surface area (Å²) >= 11 is 0. The third-order valence-corrected chi connectivity index (χ3v) is 2.55. The van der Waals surface area contributed by atoms with Crippen LogP contribution in [0.5, 0.6) is 11.5 Å². The molecule has 0 saturated heterocycles. The van der Waals surface area contributed by atoms with Gasteiger partial charge in [0.25, 0.3) is 0 Å². The molecule has 0 radical (unpaired) electrons. The van der Waals surface area contributed by atoms with E-state index in [9.17, 15) is 9.59 Å². The normalized spacial score (nSPS) is 9.91. The lowest BCUT2D eigenvalue weighted by molar-refractivity contribution is -0.144. The molecule has 0 amide bonds. The molecular formula is C16H22O6. The Labute approximate surface area is 130 Å². The van der Waals surface area contributed by atoms with Crippen LogP contribution in [-0.2, 0) is 19.1 Å². The van der Waals surface area contributed by atoms with E-state index in [1.165, 1.54) is 6.92 Å². The molecular weight excluding hydrogens is 288 g/mol. The lowest BCUT2D eigenvalue weighted by Crippen LogP contribution is -2.11. The van der Waals surface area contributed by atoms with Crippen LogP contribution in [-0.4, -0.2) is 38.4 Å². The minimum absolute atomic E-state index is 0.206. The number of benzene rings is 1. The number of hydrogen-bond acceptors (Lipinski definition) is 6. The van der Waals surface area contributed by atoms with Gasteiger partial charge < -0.3 is 18.9 Å². The molecule has 0 heterocycles. The molecule has 0 aliphatic carbocycles. The van der Waals surface area contributed by atoms with Crippen molar-refractivity contribution in [3.63, 3.8) is 0 Å². The van der Waals surface area contributed by atoms with Gasteiger partial charge in [0.2, 0.25) is 0 Å². The molecule has 6 heteroatoms. The van der Waals surface area contributed by atoms with Gasteiger partial charge in [0, 0.05) is 13.3 Å². The Hall–Kier alpha value is -2.24. The third-order valence-electron chi connectivity index (χ3n) is 2.55. The second-order valence-corrected chi connectivity index (χ2v) is 4.48. The largest absolute Gasteiger partial charge is 0.490 e. The highest BCUT2D eigenvalue weighted by molar-refractivity contribution is 5.69. The highest BCUT2D eigenvalue weighted by atomic mass is 16.6. The maximum Gasteiger partial charge on any atom is 0.305 e. The van der Waals surface area contributed by atoms with E-state index < -0.39 is 0 Å². The van der Waals surface area contributed by atoms with E-state index in [2.05, 4.69) is 0 Å². The van der Waals surface area contributed by atoms with Crippen LogP contribution in [0.4, 0.5) is 0 Å². The molecule has 6 nitrogen and oxygen atoms in total. The fraction of sp³-hybridized carbons (Fsp3) is 0.500. The molecule has 0 fully saturated rings. The zero-order valence-corrected chi connectivity index (χ0v) is 13.0. The summed E-state index contributed by atoms with van der Waals surface area (Å²) in [7, 11) is 0. The van der Waals surface area contributed by atoms with E-state index in [0.717, 1.165) is 6.42 Å². The van der Waals surface area contributed by atoms with Gasteiger partial charge in [-0.2, -0.15) is 0 Å². The number of rotatable bonds is 10. The van der Waals surface area contributed by atoms with E-state index in [0.29, 0.717) is 31.1 Å². The molecule has 0 saturated carbocycles. The fourth-order valence-corrected chi connectivity index (χ4v) is 1.57. The Balaban J connectivity index is 2.18. The maximum absolute atomic E-state index is 11.1. The van der Waals surface area contributed by atoms with Gasteiger partial charge in [0.15, 0.2) is 0 Å². The Morgan fingerprint density at radius 1 is 0.864 bits per heavy atom. The molecule has 0 atom stereocenters. The number of carbonyl (C=O) groups is 2. The number of esters is 2. The first-order chi connectivity index (χ1) is 10.6. The van der Waals surface area contributed by atoms with Crippen LogP contribution in [0.25, 0.3) is 0 Å². The highest BCUT2D eigenvalue weighted by Crippen LogP contribution is 2.17. The second kappa shape index (κ2) is 10.5. The molecule has 0 spiro atoms. The van der Waals surface area contributed by atoms with Gasteiger partial charge in [0.1, 0.15) is 37.9 Å². The highest BCUT2D eigenvalue weighted by Gasteiger charge is 2.01. The molecule has 0 N–H and O–H groups in total. The fourth-order valence-electron chi connectivity index (χ4n) is 1.57. The average Bonchev–Trinajstić information content (AvgIpc) is 2.49. The minimum Gasteiger partial charge on any atom is -0.490 e. The van der Waals surface area contributed by atoms with E-state index in [1.807, 2.05) is 6.92 Å². The van der Waals surface area contributed by atoms with Crippen molar-refractivity contribution >= 4 is 11.9 Å². The Kier molecular flexibility index (Phi) is 8.49. The van der Waals surface area contributed by atoms with Crippen molar-refractivity contribution in [2.45, 2.75) is 26.7 Å². The van der Waals surface area contributed by atoms with E-state index >= 15 is 0 Å². The molecule has 0 aliphatic rings. The quantitative estimate of drug-likeness (QED) is 0.488. The van der Waals surface area contributed by atoms with Gasteiger partial charge in [-0.25, -0.2) is 0 Å². The predicted octanol–water partition coefficient (Wildman–Crippen LogP) is 2.35. The summed E-state index contributed by atoms with van der Waals surface area (Å²) in [6.07, 6.45) is 1.21. The summed E-state index contributed by atoms with van der Waals surface area (Å²) in [5, 5.41) is 0. The summed E-state index contributed by atoms with van der Waals surface area (Å²) in [5.74, 6) is 0.794. The SMILES string of the molecule is CCCC(=O)OCCOc1ccc(OCCOC(C)=O)cc1. The van der Waals surface area contributed by atoms with Crippen molar-refractivity contribution in [3.05, 3.63) is 24.3 Å². The first-order valence-electron chi connectivity index (χ1n) is 7.26. The molecule has 22 heavy (non-hydrogen) atoms. The van der Waals surface area contributed by atoms with Gasteiger partial charge in [-0.1, -0.05) is 6.92 Å². The van der Waals surface area contributed by atoms with Crippen LogP contribution >= 0.6 is 0 Å². The maximum atomic E-state index is 11.1. The molecule has 122 valence electrons. The molecule has 0 unspecified atom stereocenters. The predicted molar refractivity (Wildman–Crippen MR) is 79.9 cm³/mol. The van der Waals surface area contributed by atoms with Gasteiger partial charge in [-0.15, -0.1) is 0 Å². The first kappa shape index (κ1) is 17.8. The first-order valence-corrected chi connectivity index (χ1v) is 7.26.